The van der Waals surface area contributed by atoms with Crippen LogP contribution in [0.4, 0.5) is 0 Å². The predicted octanol–water partition coefficient (Wildman–Crippen LogP) is 2.92. The van der Waals surface area contributed by atoms with Crippen LogP contribution in [0.15, 0.2) is 60.7 Å². The summed E-state index contributed by atoms with van der Waals surface area (Å²) in [4.78, 5) is 28.5. The van der Waals surface area contributed by atoms with Crippen LogP contribution in [0.5, 0.6) is 0 Å². The standard InChI is InChI=1S/C22H26N2O2/c25-21(13-11-19-7-3-1-4-8-19)23-15-17-24(18-16-23)22(26)14-12-20-9-5-2-6-10-20/h1-10H,11-18H2. The second-order valence-corrected chi connectivity index (χ2v) is 6.73. The highest BCUT2D eigenvalue weighted by atomic mass is 16.2. The number of nitrogens with zero attached hydrogens (tertiary/aromatic N) is 2. The van der Waals surface area contributed by atoms with Gasteiger partial charge in [-0.25, -0.2) is 0 Å². The Balaban J connectivity index is 1.39. The van der Waals surface area contributed by atoms with Gasteiger partial charge in [0.15, 0.2) is 0 Å². The molecule has 2 amide bonds. The predicted molar refractivity (Wildman–Crippen MR) is 103 cm³/mol. The van der Waals surface area contributed by atoms with Gasteiger partial charge >= 0.3 is 0 Å². The van der Waals surface area contributed by atoms with Gasteiger partial charge in [0, 0.05) is 39.0 Å². The van der Waals surface area contributed by atoms with E-state index in [9.17, 15) is 9.59 Å². The monoisotopic (exact) mass is 350 g/mol. The molecule has 1 aliphatic heterocycles. The summed E-state index contributed by atoms with van der Waals surface area (Å²) >= 11 is 0. The van der Waals surface area contributed by atoms with Gasteiger partial charge in [0.05, 0.1) is 0 Å². The summed E-state index contributed by atoms with van der Waals surface area (Å²) in [6.45, 7) is 2.57. The number of hydrogen-bond acceptors (Lipinski definition) is 2. The van der Waals surface area contributed by atoms with E-state index in [4.69, 9.17) is 0 Å². The third kappa shape index (κ3) is 5.19. The van der Waals surface area contributed by atoms with Gasteiger partial charge < -0.3 is 9.80 Å². The molecule has 0 spiro atoms. The first-order chi connectivity index (χ1) is 12.7. The molecule has 0 unspecified atom stereocenters. The number of rotatable bonds is 6. The number of carbonyl (C=O) groups excluding carboxylic acids is 2. The van der Waals surface area contributed by atoms with E-state index in [0.29, 0.717) is 39.0 Å². The maximum Gasteiger partial charge on any atom is 0.223 e. The molecule has 136 valence electrons. The highest BCUT2D eigenvalue weighted by Crippen LogP contribution is 2.10. The van der Waals surface area contributed by atoms with Crippen LogP contribution in [0.2, 0.25) is 0 Å². The lowest BCUT2D eigenvalue weighted by atomic mass is 10.1. The van der Waals surface area contributed by atoms with Crippen molar-refractivity contribution in [3.8, 4) is 0 Å². The molecule has 0 bridgehead atoms. The van der Waals surface area contributed by atoms with Crippen LogP contribution >= 0.6 is 0 Å². The summed E-state index contributed by atoms with van der Waals surface area (Å²) in [5, 5.41) is 0. The minimum Gasteiger partial charge on any atom is -0.339 e. The zero-order valence-electron chi connectivity index (χ0n) is 15.1. The molecule has 26 heavy (non-hydrogen) atoms. The minimum atomic E-state index is 0.185. The Morgan fingerprint density at radius 2 is 0.962 bits per heavy atom. The molecule has 0 saturated carbocycles. The van der Waals surface area contributed by atoms with Crippen molar-refractivity contribution in [2.75, 3.05) is 26.2 Å². The van der Waals surface area contributed by atoms with Crippen LogP contribution in [-0.4, -0.2) is 47.8 Å². The first-order valence-electron chi connectivity index (χ1n) is 9.36. The Labute approximate surface area is 155 Å². The molecule has 0 aromatic heterocycles. The molecule has 3 rings (SSSR count). The SMILES string of the molecule is O=C(CCc1ccccc1)N1CCN(C(=O)CCc2ccccc2)CC1. The Bertz CT molecular complexity index is 644. The molecule has 0 radical (unpaired) electrons. The first kappa shape index (κ1) is 18.2. The summed E-state index contributed by atoms with van der Waals surface area (Å²) in [6, 6.07) is 20.2. The lowest BCUT2D eigenvalue weighted by Gasteiger charge is -2.35. The fraction of sp³-hybridized carbons (Fsp3) is 0.364. The summed E-state index contributed by atoms with van der Waals surface area (Å²) in [5.41, 5.74) is 2.38. The zero-order chi connectivity index (χ0) is 18.2. The summed E-state index contributed by atoms with van der Waals surface area (Å²) in [7, 11) is 0. The molecular formula is C22H26N2O2. The van der Waals surface area contributed by atoms with Gasteiger partial charge in [0.1, 0.15) is 0 Å². The smallest absolute Gasteiger partial charge is 0.223 e. The van der Waals surface area contributed by atoms with E-state index in [2.05, 4.69) is 24.3 Å². The van der Waals surface area contributed by atoms with Gasteiger partial charge in [0.2, 0.25) is 11.8 Å². The highest BCUT2D eigenvalue weighted by Gasteiger charge is 2.23. The average molecular weight is 350 g/mol. The molecule has 1 fully saturated rings. The van der Waals surface area contributed by atoms with Crippen molar-refractivity contribution < 1.29 is 9.59 Å². The Morgan fingerprint density at radius 3 is 1.31 bits per heavy atom. The molecule has 1 aliphatic rings. The van der Waals surface area contributed by atoms with Crippen molar-refractivity contribution in [1.29, 1.82) is 0 Å². The fourth-order valence-electron chi connectivity index (χ4n) is 3.31. The van der Waals surface area contributed by atoms with Crippen molar-refractivity contribution >= 4 is 11.8 Å². The lowest BCUT2D eigenvalue weighted by molar-refractivity contribution is -0.139. The molecule has 0 aliphatic carbocycles. The van der Waals surface area contributed by atoms with Crippen molar-refractivity contribution in [2.24, 2.45) is 0 Å². The van der Waals surface area contributed by atoms with Gasteiger partial charge in [-0.3, -0.25) is 9.59 Å². The molecule has 0 atom stereocenters. The number of hydrogen-bond donors (Lipinski definition) is 0. The quantitative estimate of drug-likeness (QED) is 0.804. The first-order valence-corrected chi connectivity index (χ1v) is 9.36. The molecule has 1 saturated heterocycles. The van der Waals surface area contributed by atoms with Gasteiger partial charge in [-0.15, -0.1) is 0 Å². The Hall–Kier alpha value is -2.62. The molecule has 2 aromatic carbocycles. The van der Waals surface area contributed by atoms with Gasteiger partial charge in [-0.2, -0.15) is 0 Å². The van der Waals surface area contributed by atoms with Crippen LogP contribution in [0, 0.1) is 0 Å². The maximum absolute atomic E-state index is 12.4. The van der Waals surface area contributed by atoms with Crippen LogP contribution in [0.25, 0.3) is 0 Å². The average Bonchev–Trinajstić information content (AvgIpc) is 2.72. The van der Waals surface area contributed by atoms with E-state index >= 15 is 0 Å². The largest absolute Gasteiger partial charge is 0.339 e. The molecular weight excluding hydrogens is 324 g/mol. The number of piperazine rings is 1. The Kier molecular flexibility index (Phi) is 6.42. The van der Waals surface area contributed by atoms with Gasteiger partial charge in [-0.1, -0.05) is 60.7 Å². The van der Waals surface area contributed by atoms with Crippen LogP contribution in [0.1, 0.15) is 24.0 Å². The van der Waals surface area contributed by atoms with Crippen molar-refractivity contribution in [1.82, 2.24) is 9.80 Å². The van der Waals surface area contributed by atoms with E-state index < -0.39 is 0 Å². The summed E-state index contributed by atoms with van der Waals surface area (Å²) in [6.07, 6.45) is 2.61. The second-order valence-electron chi connectivity index (χ2n) is 6.73. The number of aryl methyl sites for hydroxylation is 2. The molecule has 1 heterocycles. The minimum absolute atomic E-state index is 0.185. The molecule has 2 aromatic rings. The fourth-order valence-corrected chi connectivity index (χ4v) is 3.31. The maximum atomic E-state index is 12.4. The van der Waals surface area contributed by atoms with Crippen LogP contribution in [0.3, 0.4) is 0 Å². The number of benzene rings is 2. The summed E-state index contributed by atoms with van der Waals surface area (Å²) in [5.74, 6) is 0.371. The molecule has 4 heteroatoms. The third-order valence-corrected chi connectivity index (χ3v) is 4.93. The Morgan fingerprint density at radius 1 is 0.615 bits per heavy atom. The normalized spacial score (nSPS) is 14.3. The van der Waals surface area contributed by atoms with E-state index in [1.54, 1.807) is 0 Å². The summed E-state index contributed by atoms with van der Waals surface area (Å²) < 4.78 is 0. The van der Waals surface area contributed by atoms with E-state index in [1.807, 2.05) is 46.2 Å². The number of carbonyl (C=O) groups is 2. The second kappa shape index (κ2) is 9.18. The van der Waals surface area contributed by atoms with E-state index in [1.165, 1.54) is 11.1 Å². The molecule has 0 N–H and O–H groups in total. The highest BCUT2D eigenvalue weighted by molar-refractivity contribution is 5.78. The lowest BCUT2D eigenvalue weighted by Crippen LogP contribution is -2.50. The zero-order valence-corrected chi connectivity index (χ0v) is 15.1. The topological polar surface area (TPSA) is 40.6 Å². The van der Waals surface area contributed by atoms with Crippen molar-refractivity contribution in [3.05, 3.63) is 71.8 Å². The van der Waals surface area contributed by atoms with E-state index in [-0.39, 0.29) is 11.8 Å². The van der Waals surface area contributed by atoms with Crippen LogP contribution in [-0.2, 0) is 22.4 Å². The van der Waals surface area contributed by atoms with Crippen molar-refractivity contribution in [3.63, 3.8) is 0 Å². The number of amides is 2. The van der Waals surface area contributed by atoms with Gasteiger partial charge in [-0.05, 0) is 24.0 Å². The molecule has 4 nitrogen and oxygen atoms in total. The van der Waals surface area contributed by atoms with Gasteiger partial charge in [0.25, 0.3) is 0 Å². The van der Waals surface area contributed by atoms with Crippen molar-refractivity contribution in [2.45, 2.75) is 25.7 Å². The van der Waals surface area contributed by atoms with E-state index in [0.717, 1.165) is 12.8 Å². The third-order valence-electron chi connectivity index (χ3n) is 4.93. The van der Waals surface area contributed by atoms with Crippen LogP contribution < -0.4 is 0 Å².